The number of nitrogens with zero attached hydrogens (tertiary/aromatic N) is 5. The van der Waals surface area contributed by atoms with Crippen LogP contribution < -0.4 is 10.6 Å². The van der Waals surface area contributed by atoms with Gasteiger partial charge in [0, 0.05) is 37.2 Å². The molecule has 3 aromatic heterocycles. The van der Waals surface area contributed by atoms with Crippen LogP contribution in [-0.2, 0) is 24.9 Å². The SMILES string of the molecule is Cc1nn(C)c2nc(-c3ccccc3)cc(C(=O)NCc3cccc(NC(=O)Cn4cccn4)c3)c12. The standard InChI is InChI=1S/C27H25N7O2/c1-18-25-22(15-23(20-9-4-3-5-10-20)31-26(25)33(2)32-18)27(36)28-16-19-8-6-11-21(14-19)30-24(35)17-34-13-7-12-29-34/h3-15H,16-17H2,1-2H3,(H,28,36)(H,30,35). The maximum atomic E-state index is 13.4. The Morgan fingerprint density at radius 1 is 1.00 bits per heavy atom. The van der Waals surface area contributed by atoms with E-state index in [4.69, 9.17) is 4.98 Å². The van der Waals surface area contributed by atoms with Crippen LogP contribution in [0.15, 0.2) is 79.1 Å². The third kappa shape index (κ3) is 4.85. The van der Waals surface area contributed by atoms with Gasteiger partial charge in [-0.25, -0.2) is 4.98 Å². The lowest BCUT2D eigenvalue weighted by atomic mass is 10.0. The number of pyridine rings is 1. The molecule has 0 saturated heterocycles. The van der Waals surface area contributed by atoms with E-state index in [9.17, 15) is 9.59 Å². The van der Waals surface area contributed by atoms with Crippen LogP contribution in [-0.4, -0.2) is 36.4 Å². The van der Waals surface area contributed by atoms with Crippen LogP contribution in [0.25, 0.3) is 22.3 Å². The van der Waals surface area contributed by atoms with Crippen molar-refractivity contribution in [2.24, 2.45) is 7.05 Å². The van der Waals surface area contributed by atoms with Gasteiger partial charge in [0.15, 0.2) is 5.65 Å². The molecule has 9 nitrogen and oxygen atoms in total. The summed E-state index contributed by atoms with van der Waals surface area (Å²) in [7, 11) is 1.82. The van der Waals surface area contributed by atoms with Crippen molar-refractivity contribution in [3.63, 3.8) is 0 Å². The molecule has 0 atom stereocenters. The van der Waals surface area contributed by atoms with E-state index in [1.54, 1.807) is 27.8 Å². The van der Waals surface area contributed by atoms with E-state index in [0.717, 1.165) is 22.2 Å². The van der Waals surface area contributed by atoms with Crippen LogP contribution in [0.2, 0.25) is 0 Å². The van der Waals surface area contributed by atoms with Crippen LogP contribution in [0.1, 0.15) is 21.6 Å². The highest BCUT2D eigenvalue weighted by Gasteiger charge is 2.19. The number of nitrogens with one attached hydrogen (secondary N) is 2. The highest BCUT2D eigenvalue weighted by molar-refractivity contribution is 6.07. The van der Waals surface area contributed by atoms with Gasteiger partial charge in [0.2, 0.25) is 5.91 Å². The maximum absolute atomic E-state index is 13.4. The van der Waals surface area contributed by atoms with Crippen LogP contribution in [0.4, 0.5) is 5.69 Å². The second kappa shape index (κ2) is 9.83. The molecule has 3 heterocycles. The third-order valence-corrected chi connectivity index (χ3v) is 5.81. The zero-order valence-electron chi connectivity index (χ0n) is 20.0. The van der Waals surface area contributed by atoms with Crippen LogP contribution in [0, 0.1) is 6.92 Å². The number of benzene rings is 2. The molecule has 0 spiro atoms. The van der Waals surface area contributed by atoms with Gasteiger partial charge in [-0.2, -0.15) is 10.2 Å². The van der Waals surface area contributed by atoms with Crippen molar-refractivity contribution in [2.45, 2.75) is 20.0 Å². The van der Waals surface area contributed by atoms with Crippen molar-refractivity contribution in [1.29, 1.82) is 0 Å². The number of carbonyl (C=O) groups excluding carboxylic acids is 2. The Labute approximate surface area is 207 Å². The summed E-state index contributed by atoms with van der Waals surface area (Å²) in [4.78, 5) is 30.4. The predicted molar refractivity (Wildman–Crippen MR) is 137 cm³/mol. The smallest absolute Gasteiger partial charge is 0.252 e. The van der Waals surface area contributed by atoms with E-state index in [0.29, 0.717) is 29.1 Å². The summed E-state index contributed by atoms with van der Waals surface area (Å²) in [5, 5.41) is 15.1. The summed E-state index contributed by atoms with van der Waals surface area (Å²) < 4.78 is 3.25. The number of rotatable bonds is 7. The second-order valence-electron chi connectivity index (χ2n) is 8.46. The molecule has 0 bridgehead atoms. The van der Waals surface area contributed by atoms with E-state index < -0.39 is 0 Å². The molecular weight excluding hydrogens is 454 g/mol. The van der Waals surface area contributed by atoms with Crippen molar-refractivity contribution >= 4 is 28.5 Å². The quantitative estimate of drug-likeness (QED) is 0.370. The molecule has 5 rings (SSSR count). The molecule has 9 heteroatoms. The van der Waals surface area contributed by atoms with Gasteiger partial charge in [-0.15, -0.1) is 0 Å². The Balaban J connectivity index is 1.35. The minimum absolute atomic E-state index is 0.125. The molecule has 0 aliphatic rings. The lowest BCUT2D eigenvalue weighted by Gasteiger charge is -2.11. The molecule has 0 fully saturated rings. The van der Waals surface area contributed by atoms with Gasteiger partial charge in [0.25, 0.3) is 5.91 Å². The normalized spacial score (nSPS) is 10.9. The van der Waals surface area contributed by atoms with Crippen molar-refractivity contribution in [1.82, 2.24) is 29.9 Å². The Kier molecular flexibility index (Phi) is 6.27. The Hall–Kier alpha value is -4.79. The van der Waals surface area contributed by atoms with E-state index in [1.165, 1.54) is 0 Å². The van der Waals surface area contributed by atoms with Crippen molar-refractivity contribution < 1.29 is 9.59 Å². The van der Waals surface area contributed by atoms with Crippen LogP contribution in [0.3, 0.4) is 0 Å². The fraction of sp³-hybridized carbons (Fsp3) is 0.148. The number of fused-ring (bicyclic) bond motifs is 1. The van der Waals surface area contributed by atoms with Gasteiger partial charge >= 0.3 is 0 Å². The van der Waals surface area contributed by atoms with Gasteiger partial charge in [0.1, 0.15) is 6.54 Å². The number of anilines is 1. The van der Waals surface area contributed by atoms with E-state index in [-0.39, 0.29) is 18.4 Å². The minimum Gasteiger partial charge on any atom is -0.348 e. The molecule has 36 heavy (non-hydrogen) atoms. The number of hydrogen-bond donors (Lipinski definition) is 2. The highest BCUT2D eigenvalue weighted by Crippen LogP contribution is 2.27. The molecule has 0 radical (unpaired) electrons. The van der Waals surface area contributed by atoms with E-state index in [2.05, 4.69) is 20.8 Å². The summed E-state index contributed by atoms with van der Waals surface area (Å²) in [6.07, 6.45) is 3.36. The molecule has 5 aromatic rings. The molecule has 2 N–H and O–H groups in total. The van der Waals surface area contributed by atoms with E-state index in [1.807, 2.05) is 74.6 Å². The van der Waals surface area contributed by atoms with Crippen LogP contribution in [0.5, 0.6) is 0 Å². The monoisotopic (exact) mass is 479 g/mol. The number of carbonyl (C=O) groups is 2. The molecule has 180 valence electrons. The molecule has 2 amide bonds. The Morgan fingerprint density at radius 3 is 2.61 bits per heavy atom. The summed E-state index contributed by atoms with van der Waals surface area (Å²) in [6.45, 7) is 2.30. The van der Waals surface area contributed by atoms with Crippen molar-refractivity contribution in [3.05, 3.63) is 95.9 Å². The highest BCUT2D eigenvalue weighted by atomic mass is 16.2. The number of aryl methyl sites for hydroxylation is 2. The number of aromatic nitrogens is 5. The first kappa shape index (κ1) is 23.0. The lowest BCUT2D eigenvalue weighted by Crippen LogP contribution is -2.23. The third-order valence-electron chi connectivity index (χ3n) is 5.81. The first-order valence-corrected chi connectivity index (χ1v) is 11.5. The molecular formula is C27H25N7O2. The molecule has 0 unspecified atom stereocenters. The Bertz CT molecular complexity index is 1540. The summed E-state index contributed by atoms with van der Waals surface area (Å²) in [5.41, 5.74) is 5.06. The van der Waals surface area contributed by atoms with Gasteiger partial charge in [-0.3, -0.25) is 19.0 Å². The molecule has 0 saturated carbocycles. The van der Waals surface area contributed by atoms with Gasteiger partial charge in [-0.1, -0.05) is 42.5 Å². The lowest BCUT2D eigenvalue weighted by molar-refractivity contribution is -0.116. The average Bonchev–Trinajstić information content (AvgIpc) is 3.50. The molecule has 2 aromatic carbocycles. The first-order chi connectivity index (χ1) is 17.5. The van der Waals surface area contributed by atoms with E-state index >= 15 is 0 Å². The molecule has 0 aliphatic heterocycles. The first-order valence-electron chi connectivity index (χ1n) is 11.5. The fourth-order valence-electron chi connectivity index (χ4n) is 4.16. The average molecular weight is 480 g/mol. The number of amides is 2. The van der Waals surface area contributed by atoms with Gasteiger partial charge < -0.3 is 10.6 Å². The summed E-state index contributed by atoms with van der Waals surface area (Å²) in [6, 6.07) is 20.7. The van der Waals surface area contributed by atoms with Gasteiger partial charge in [-0.05, 0) is 36.8 Å². The van der Waals surface area contributed by atoms with Crippen molar-refractivity contribution in [2.75, 3.05) is 5.32 Å². The summed E-state index contributed by atoms with van der Waals surface area (Å²) in [5.74, 6) is -0.400. The zero-order valence-corrected chi connectivity index (χ0v) is 20.0. The topological polar surface area (TPSA) is 107 Å². The zero-order chi connectivity index (χ0) is 25.1. The van der Waals surface area contributed by atoms with Gasteiger partial charge in [0.05, 0.1) is 22.3 Å². The number of hydrogen-bond acceptors (Lipinski definition) is 5. The minimum atomic E-state index is -0.219. The second-order valence-corrected chi connectivity index (χ2v) is 8.46. The van der Waals surface area contributed by atoms with Crippen molar-refractivity contribution in [3.8, 4) is 11.3 Å². The predicted octanol–water partition coefficient (Wildman–Crippen LogP) is 3.71. The largest absolute Gasteiger partial charge is 0.348 e. The molecule has 0 aliphatic carbocycles. The maximum Gasteiger partial charge on any atom is 0.252 e. The van der Waals surface area contributed by atoms with Crippen LogP contribution >= 0.6 is 0 Å². The fourth-order valence-corrected chi connectivity index (χ4v) is 4.16. The Morgan fingerprint density at radius 2 is 1.83 bits per heavy atom. The summed E-state index contributed by atoms with van der Waals surface area (Å²) >= 11 is 0.